The predicted molar refractivity (Wildman–Crippen MR) is 61.9 cm³/mol. The summed E-state index contributed by atoms with van der Waals surface area (Å²) < 4.78 is 46.6. The quantitative estimate of drug-likeness (QED) is 0.930. The first-order valence-electron chi connectivity index (χ1n) is 5.25. The number of nitrogens with zero attached hydrogens (tertiary/aromatic N) is 3. The Kier molecular flexibility index (Phi) is 3.98. The van der Waals surface area contributed by atoms with Crippen LogP contribution in [0.4, 0.5) is 18.0 Å². The maximum absolute atomic E-state index is 12.5. The van der Waals surface area contributed by atoms with Gasteiger partial charge in [0.25, 0.3) is 5.89 Å². The van der Waals surface area contributed by atoms with Crippen molar-refractivity contribution in [3.63, 3.8) is 0 Å². The fourth-order valence-electron chi connectivity index (χ4n) is 1.29. The zero-order chi connectivity index (χ0) is 15.6. The summed E-state index contributed by atoms with van der Waals surface area (Å²) in [4.78, 5) is 17.7. The standard InChI is InChI=1S/C10H6ClF3N4O3/c11-5-1-4(10(12,13)14)2-16-7(5)8-17-6(18-21-8)3-20-9(15)19/h1-2H,3H2,(H2,15,19). The molecule has 0 aromatic carbocycles. The van der Waals surface area contributed by atoms with Crippen molar-refractivity contribution in [1.29, 1.82) is 0 Å². The smallest absolute Gasteiger partial charge is 0.417 e. The van der Waals surface area contributed by atoms with E-state index in [9.17, 15) is 18.0 Å². The van der Waals surface area contributed by atoms with Crippen molar-refractivity contribution in [1.82, 2.24) is 15.1 Å². The number of nitrogens with two attached hydrogens (primary N) is 1. The van der Waals surface area contributed by atoms with Gasteiger partial charge < -0.3 is 15.0 Å². The van der Waals surface area contributed by atoms with Crippen LogP contribution in [0, 0.1) is 0 Å². The Hall–Kier alpha value is -2.36. The highest BCUT2D eigenvalue weighted by Crippen LogP contribution is 2.33. The average Bonchev–Trinajstić information content (AvgIpc) is 2.83. The molecule has 0 aliphatic rings. The number of rotatable bonds is 3. The Labute approximate surface area is 119 Å². The van der Waals surface area contributed by atoms with Crippen molar-refractivity contribution in [2.75, 3.05) is 0 Å². The van der Waals surface area contributed by atoms with E-state index in [1.165, 1.54) is 0 Å². The van der Waals surface area contributed by atoms with Crippen LogP contribution in [0.15, 0.2) is 16.8 Å². The molecule has 0 fully saturated rings. The minimum atomic E-state index is -4.56. The van der Waals surface area contributed by atoms with Crippen molar-refractivity contribution in [3.05, 3.63) is 28.7 Å². The lowest BCUT2D eigenvalue weighted by atomic mass is 10.2. The van der Waals surface area contributed by atoms with Crippen LogP contribution < -0.4 is 5.73 Å². The van der Waals surface area contributed by atoms with E-state index < -0.39 is 17.8 Å². The highest BCUT2D eigenvalue weighted by atomic mass is 35.5. The number of aromatic nitrogens is 3. The first kappa shape index (κ1) is 15.0. The summed E-state index contributed by atoms with van der Waals surface area (Å²) in [5.74, 6) is -0.252. The van der Waals surface area contributed by atoms with Crippen molar-refractivity contribution < 1.29 is 27.2 Å². The van der Waals surface area contributed by atoms with E-state index in [0.29, 0.717) is 12.3 Å². The molecule has 2 rings (SSSR count). The largest absolute Gasteiger partial charge is 0.441 e. The van der Waals surface area contributed by atoms with Crippen LogP contribution in [0.3, 0.4) is 0 Å². The van der Waals surface area contributed by atoms with Crippen molar-refractivity contribution in [2.24, 2.45) is 5.73 Å². The number of primary amides is 1. The summed E-state index contributed by atoms with van der Waals surface area (Å²) in [5.41, 5.74) is 3.62. The maximum Gasteiger partial charge on any atom is 0.417 e. The Morgan fingerprint density at radius 1 is 1.48 bits per heavy atom. The SMILES string of the molecule is NC(=O)OCc1noc(-c2ncc(C(F)(F)F)cc2Cl)n1. The molecule has 2 aromatic rings. The van der Waals surface area contributed by atoms with E-state index in [2.05, 4.69) is 19.9 Å². The molecule has 2 aromatic heterocycles. The van der Waals surface area contributed by atoms with Gasteiger partial charge in [0, 0.05) is 6.20 Å². The van der Waals surface area contributed by atoms with Crippen LogP contribution in [0.5, 0.6) is 0 Å². The van der Waals surface area contributed by atoms with Crippen molar-refractivity contribution in [3.8, 4) is 11.6 Å². The molecule has 0 radical (unpaired) electrons. The van der Waals surface area contributed by atoms with E-state index in [1.807, 2.05) is 0 Å². The second-order valence-corrected chi connectivity index (χ2v) is 4.08. The van der Waals surface area contributed by atoms with E-state index in [4.69, 9.17) is 21.9 Å². The molecule has 7 nitrogen and oxygen atoms in total. The van der Waals surface area contributed by atoms with E-state index in [1.54, 1.807) is 0 Å². The normalized spacial score (nSPS) is 11.4. The molecule has 0 atom stereocenters. The van der Waals surface area contributed by atoms with Gasteiger partial charge in [0.1, 0.15) is 5.69 Å². The molecule has 21 heavy (non-hydrogen) atoms. The molecule has 0 unspecified atom stereocenters. The van der Waals surface area contributed by atoms with Gasteiger partial charge in [-0.05, 0) is 6.07 Å². The minimum Gasteiger partial charge on any atom is -0.441 e. The third-order valence-electron chi connectivity index (χ3n) is 2.18. The third-order valence-corrected chi connectivity index (χ3v) is 2.47. The molecule has 2 heterocycles. The second-order valence-electron chi connectivity index (χ2n) is 3.68. The predicted octanol–water partition coefficient (Wildman–Crippen LogP) is 2.40. The lowest BCUT2D eigenvalue weighted by Crippen LogP contribution is -2.13. The van der Waals surface area contributed by atoms with Gasteiger partial charge >= 0.3 is 12.3 Å². The molecule has 0 aliphatic carbocycles. The number of hydrogen-bond donors (Lipinski definition) is 1. The Morgan fingerprint density at radius 2 is 2.19 bits per heavy atom. The molecule has 0 saturated heterocycles. The fraction of sp³-hybridized carbons (Fsp3) is 0.200. The summed E-state index contributed by atoms with van der Waals surface area (Å²) in [7, 11) is 0. The monoisotopic (exact) mass is 322 g/mol. The number of carbonyl (C=O) groups is 1. The lowest BCUT2D eigenvalue weighted by molar-refractivity contribution is -0.137. The topological polar surface area (TPSA) is 104 Å². The molecule has 0 bridgehead atoms. The first-order chi connectivity index (χ1) is 9.77. The maximum atomic E-state index is 12.5. The summed E-state index contributed by atoms with van der Waals surface area (Å²) in [6.45, 7) is -0.350. The number of hydrogen-bond acceptors (Lipinski definition) is 6. The summed E-state index contributed by atoms with van der Waals surface area (Å²) in [5, 5.41) is 3.13. The van der Waals surface area contributed by atoms with Crippen LogP contribution in [-0.4, -0.2) is 21.2 Å². The van der Waals surface area contributed by atoms with Crippen LogP contribution in [0.25, 0.3) is 11.6 Å². The number of alkyl halides is 3. The number of ether oxygens (including phenoxy) is 1. The van der Waals surface area contributed by atoms with Crippen LogP contribution in [0.2, 0.25) is 5.02 Å². The highest BCUT2D eigenvalue weighted by Gasteiger charge is 2.32. The van der Waals surface area contributed by atoms with Gasteiger partial charge in [-0.25, -0.2) is 9.78 Å². The lowest BCUT2D eigenvalue weighted by Gasteiger charge is -2.06. The van der Waals surface area contributed by atoms with Crippen molar-refractivity contribution in [2.45, 2.75) is 12.8 Å². The fourth-order valence-corrected chi connectivity index (χ4v) is 1.54. The summed E-state index contributed by atoms with van der Waals surface area (Å²) >= 11 is 5.71. The number of pyridine rings is 1. The van der Waals surface area contributed by atoms with E-state index in [0.717, 1.165) is 0 Å². The molecule has 0 aliphatic heterocycles. The van der Waals surface area contributed by atoms with Gasteiger partial charge in [0.05, 0.1) is 10.6 Å². The number of carbonyl (C=O) groups excluding carboxylic acids is 1. The summed E-state index contributed by atoms with van der Waals surface area (Å²) in [6.07, 6.45) is -5.01. The van der Waals surface area contributed by atoms with Gasteiger partial charge in [-0.3, -0.25) is 0 Å². The summed E-state index contributed by atoms with van der Waals surface area (Å²) in [6, 6.07) is 0.688. The molecular weight excluding hydrogens is 317 g/mol. The van der Waals surface area contributed by atoms with Crippen LogP contribution >= 0.6 is 11.6 Å². The minimum absolute atomic E-state index is 0.0402. The highest BCUT2D eigenvalue weighted by molar-refractivity contribution is 6.32. The molecule has 1 amide bonds. The number of amides is 1. The van der Waals surface area contributed by atoms with Crippen molar-refractivity contribution >= 4 is 17.7 Å². The third kappa shape index (κ3) is 3.60. The zero-order valence-corrected chi connectivity index (χ0v) is 10.8. The zero-order valence-electron chi connectivity index (χ0n) is 10.0. The van der Waals surface area contributed by atoms with Gasteiger partial charge in [-0.15, -0.1) is 0 Å². The molecule has 112 valence electrons. The van der Waals surface area contributed by atoms with E-state index >= 15 is 0 Å². The molecule has 0 spiro atoms. The van der Waals surface area contributed by atoms with Crippen LogP contribution in [0.1, 0.15) is 11.4 Å². The first-order valence-corrected chi connectivity index (χ1v) is 5.63. The van der Waals surface area contributed by atoms with E-state index in [-0.39, 0.29) is 29.0 Å². The molecule has 2 N–H and O–H groups in total. The van der Waals surface area contributed by atoms with Crippen LogP contribution in [-0.2, 0) is 17.5 Å². The van der Waals surface area contributed by atoms with Gasteiger partial charge in [-0.1, -0.05) is 16.8 Å². The molecule has 0 saturated carbocycles. The Bertz CT molecular complexity index is 674. The molecular formula is C10H6ClF3N4O3. The molecule has 11 heteroatoms. The van der Waals surface area contributed by atoms with Gasteiger partial charge in [-0.2, -0.15) is 18.2 Å². The van der Waals surface area contributed by atoms with Gasteiger partial charge in [0.15, 0.2) is 6.61 Å². The number of halogens is 4. The Balaban J connectivity index is 2.24. The Morgan fingerprint density at radius 3 is 2.76 bits per heavy atom. The van der Waals surface area contributed by atoms with Gasteiger partial charge in [0.2, 0.25) is 5.82 Å². The second kappa shape index (κ2) is 5.56. The average molecular weight is 323 g/mol.